The van der Waals surface area contributed by atoms with Crippen LogP contribution in [0, 0.1) is 0 Å². The Bertz CT molecular complexity index is 1140. The Kier molecular flexibility index (Phi) is 6.70. The lowest BCUT2D eigenvalue weighted by Gasteiger charge is -2.33. The summed E-state index contributed by atoms with van der Waals surface area (Å²) in [4.78, 5) is 24.2. The van der Waals surface area contributed by atoms with Crippen molar-refractivity contribution in [1.82, 2.24) is 24.6 Å². The standard InChI is InChI=1S/C23H31N7O2S2/c1-23(32)8-3-15(4-9-23)25-20-19-16(7-12-33-19)26-22(28-20)27-18-13-17(29-34-18)21(31)30-10-5-14(24-2)6-11-30/h7,12-15,24,32H,3-6,8-11H2,1-2H3,(H2,25,26,27,28). The highest BCUT2D eigenvalue weighted by Crippen LogP contribution is 2.33. The van der Waals surface area contributed by atoms with Crippen LogP contribution < -0.4 is 16.0 Å². The molecule has 34 heavy (non-hydrogen) atoms. The predicted octanol–water partition coefficient (Wildman–Crippen LogP) is 3.82. The first-order chi connectivity index (χ1) is 16.4. The molecular weight excluding hydrogens is 470 g/mol. The van der Waals surface area contributed by atoms with E-state index in [4.69, 9.17) is 4.98 Å². The first kappa shape index (κ1) is 23.4. The van der Waals surface area contributed by atoms with Gasteiger partial charge in [-0.1, -0.05) is 0 Å². The van der Waals surface area contributed by atoms with Gasteiger partial charge in [-0.2, -0.15) is 9.36 Å². The van der Waals surface area contributed by atoms with Crippen LogP contribution in [0.25, 0.3) is 10.2 Å². The number of hydrogen-bond donors (Lipinski definition) is 4. The topological polar surface area (TPSA) is 115 Å². The van der Waals surface area contributed by atoms with E-state index in [0.29, 0.717) is 17.7 Å². The zero-order chi connectivity index (χ0) is 23.7. The second kappa shape index (κ2) is 9.73. The van der Waals surface area contributed by atoms with Crippen molar-refractivity contribution in [2.24, 2.45) is 0 Å². The third kappa shape index (κ3) is 5.17. The molecule has 1 saturated heterocycles. The van der Waals surface area contributed by atoms with Crippen LogP contribution in [0.2, 0.25) is 0 Å². The minimum atomic E-state index is -0.571. The number of carbonyl (C=O) groups is 1. The maximum absolute atomic E-state index is 12.9. The Hall–Kier alpha value is -2.34. The fraction of sp³-hybridized carbons (Fsp3) is 0.565. The molecule has 0 radical (unpaired) electrons. The van der Waals surface area contributed by atoms with Crippen molar-refractivity contribution in [2.75, 3.05) is 30.8 Å². The van der Waals surface area contributed by atoms with Gasteiger partial charge >= 0.3 is 0 Å². The van der Waals surface area contributed by atoms with Gasteiger partial charge in [-0.15, -0.1) is 11.3 Å². The summed E-state index contributed by atoms with van der Waals surface area (Å²) in [6, 6.07) is 4.52. The number of anilines is 3. The summed E-state index contributed by atoms with van der Waals surface area (Å²) in [7, 11) is 1.97. The second-order valence-corrected chi connectivity index (χ2v) is 11.2. The molecule has 4 N–H and O–H groups in total. The number of carbonyl (C=O) groups excluding carboxylic acids is 1. The number of nitrogens with one attached hydrogen (secondary N) is 3. The first-order valence-corrected chi connectivity index (χ1v) is 13.5. The highest BCUT2D eigenvalue weighted by atomic mass is 32.1. The average Bonchev–Trinajstić information content (AvgIpc) is 3.50. The van der Waals surface area contributed by atoms with Crippen LogP contribution in [0.4, 0.5) is 16.8 Å². The molecule has 1 amide bonds. The molecule has 0 unspecified atom stereocenters. The number of amides is 1. The Morgan fingerprint density at radius 2 is 1.94 bits per heavy atom. The third-order valence-corrected chi connectivity index (χ3v) is 8.48. The maximum Gasteiger partial charge on any atom is 0.273 e. The number of likely N-dealkylation sites (tertiary alicyclic amines) is 1. The summed E-state index contributed by atoms with van der Waals surface area (Å²) < 4.78 is 5.41. The largest absolute Gasteiger partial charge is 0.390 e. The molecule has 4 heterocycles. The highest BCUT2D eigenvalue weighted by Gasteiger charge is 2.29. The quantitative estimate of drug-likeness (QED) is 0.403. The van der Waals surface area contributed by atoms with E-state index in [1.807, 2.05) is 30.3 Å². The summed E-state index contributed by atoms with van der Waals surface area (Å²) in [6.45, 7) is 3.40. The Balaban J connectivity index is 1.28. The van der Waals surface area contributed by atoms with Gasteiger partial charge in [-0.05, 0) is 75.5 Å². The molecule has 11 heteroatoms. The van der Waals surface area contributed by atoms with Gasteiger partial charge in [0.15, 0.2) is 0 Å². The van der Waals surface area contributed by atoms with Crippen molar-refractivity contribution >= 4 is 55.8 Å². The summed E-state index contributed by atoms with van der Waals surface area (Å²) in [5.41, 5.74) is 0.763. The number of aromatic nitrogens is 3. The lowest BCUT2D eigenvalue weighted by molar-refractivity contribution is 0.0196. The summed E-state index contributed by atoms with van der Waals surface area (Å²) in [5.74, 6) is 1.26. The SMILES string of the molecule is CNC1CCN(C(=O)c2cc(Nc3nc(NC4CCC(C)(O)CC4)c4sccc4n3)sn2)CC1. The second-order valence-electron chi connectivity index (χ2n) is 9.50. The Labute approximate surface area is 207 Å². The summed E-state index contributed by atoms with van der Waals surface area (Å²) in [6.07, 6.45) is 5.27. The van der Waals surface area contributed by atoms with E-state index in [-0.39, 0.29) is 11.9 Å². The molecule has 2 aliphatic rings. The van der Waals surface area contributed by atoms with Crippen LogP contribution in [0.15, 0.2) is 17.5 Å². The molecule has 0 atom stereocenters. The number of hydrogen-bond acceptors (Lipinski definition) is 10. The molecule has 1 saturated carbocycles. The van der Waals surface area contributed by atoms with Crippen LogP contribution in [0.3, 0.4) is 0 Å². The van der Waals surface area contributed by atoms with Gasteiger partial charge in [0.1, 0.15) is 16.5 Å². The zero-order valence-electron chi connectivity index (χ0n) is 19.5. The zero-order valence-corrected chi connectivity index (χ0v) is 21.1. The van der Waals surface area contributed by atoms with Gasteiger partial charge in [0.25, 0.3) is 5.91 Å². The molecule has 0 spiro atoms. The van der Waals surface area contributed by atoms with Crippen LogP contribution in [-0.4, -0.2) is 68.1 Å². The Morgan fingerprint density at radius 3 is 2.68 bits per heavy atom. The third-order valence-electron chi connectivity index (χ3n) is 6.86. The van der Waals surface area contributed by atoms with E-state index in [9.17, 15) is 9.90 Å². The normalized spacial score (nSPS) is 23.9. The number of fused-ring (bicyclic) bond motifs is 1. The van der Waals surface area contributed by atoms with Gasteiger partial charge in [0.2, 0.25) is 5.95 Å². The van der Waals surface area contributed by atoms with Gasteiger partial charge in [0.05, 0.1) is 15.8 Å². The molecular formula is C23H31N7O2S2. The lowest BCUT2D eigenvalue weighted by atomic mass is 9.84. The molecule has 5 rings (SSSR count). The molecule has 3 aromatic rings. The van der Waals surface area contributed by atoms with E-state index in [1.54, 1.807) is 17.4 Å². The highest BCUT2D eigenvalue weighted by molar-refractivity contribution is 7.17. The van der Waals surface area contributed by atoms with Crippen molar-refractivity contribution in [3.63, 3.8) is 0 Å². The maximum atomic E-state index is 12.9. The van der Waals surface area contributed by atoms with Crippen LogP contribution >= 0.6 is 22.9 Å². The number of piperidine rings is 1. The predicted molar refractivity (Wildman–Crippen MR) is 137 cm³/mol. The first-order valence-electron chi connectivity index (χ1n) is 11.8. The average molecular weight is 502 g/mol. The molecule has 2 fully saturated rings. The molecule has 9 nitrogen and oxygen atoms in total. The molecule has 0 aromatic carbocycles. The fourth-order valence-corrected chi connectivity index (χ4v) is 6.09. The number of rotatable bonds is 6. The smallest absolute Gasteiger partial charge is 0.273 e. The van der Waals surface area contributed by atoms with Gasteiger partial charge in [-0.3, -0.25) is 4.79 Å². The Morgan fingerprint density at radius 1 is 1.18 bits per heavy atom. The molecule has 182 valence electrons. The van der Waals surface area contributed by atoms with Crippen LogP contribution in [0.5, 0.6) is 0 Å². The minimum absolute atomic E-state index is 0.0244. The minimum Gasteiger partial charge on any atom is -0.390 e. The molecule has 1 aliphatic carbocycles. The van der Waals surface area contributed by atoms with Crippen molar-refractivity contribution in [1.29, 1.82) is 0 Å². The number of thiophene rings is 1. The molecule has 0 bridgehead atoms. The molecule has 3 aromatic heterocycles. The van der Waals surface area contributed by atoms with E-state index in [0.717, 1.165) is 72.7 Å². The monoisotopic (exact) mass is 501 g/mol. The van der Waals surface area contributed by atoms with Crippen molar-refractivity contribution in [3.05, 3.63) is 23.2 Å². The summed E-state index contributed by atoms with van der Waals surface area (Å²) >= 11 is 2.86. The van der Waals surface area contributed by atoms with E-state index in [2.05, 4.69) is 25.3 Å². The van der Waals surface area contributed by atoms with Gasteiger partial charge < -0.3 is 26.0 Å². The van der Waals surface area contributed by atoms with E-state index in [1.165, 1.54) is 11.5 Å². The van der Waals surface area contributed by atoms with Crippen molar-refractivity contribution in [3.8, 4) is 0 Å². The number of aliphatic hydroxyl groups is 1. The van der Waals surface area contributed by atoms with Gasteiger partial charge in [0, 0.05) is 31.2 Å². The van der Waals surface area contributed by atoms with Crippen molar-refractivity contribution in [2.45, 2.75) is 63.1 Å². The van der Waals surface area contributed by atoms with Crippen molar-refractivity contribution < 1.29 is 9.90 Å². The van der Waals surface area contributed by atoms with E-state index < -0.39 is 5.60 Å². The lowest BCUT2D eigenvalue weighted by Crippen LogP contribution is -2.44. The van der Waals surface area contributed by atoms with Gasteiger partial charge in [-0.25, -0.2) is 4.98 Å². The van der Waals surface area contributed by atoms with Crippen LogP contribution in [-0.2, 0) is 0 Å². The van der Waals surface area contributed by atoms with E-state index >= 15 is 0 Å². The number of nitrogens with zero attached hydrogens (tertiary/aromatic N) is 4. The van der Waals surface area contributed by atoms with Crippen LogP contribution in [0.1, 0.15) is 55.9 Å². The fourth-order valence-electron chi connectivity index (χ4n) is 4.67. The summed E-state index contributed by atoms with van der Waals surface area (Å²) in [5, 5.41) is 23.1. The molecule has 1 aliphatic heterocycles.